The molecule has 5 nitrogen and oxygen atoms in total. The third-order valence-electron chi connectivity index (χ3n) is 5.53. The Morgan fingerprint density at radius 3 is 2.40 bits per heavy atom. The van der Waals surface area contributed by atoms with Gasteiger partial charge in [-0.2, -0.15) is 0 Å². The van der Waals surface area contributed by atoms with Gasteiger partial charge < -0.3 is 15.5 Å². The van der Waals surface area contributed by atoms with Gasteiger partial charge in [-0.3, -0.25) is 9.89 Å². The van der Waals surface area contributed by atoms with E-state index in [0.717, 1.165) is 31.6 Å². The number of piperidine rings is 1. The molecule has 0 amide bonds. The average Bonchev–Trinajstić information content (AvgIpc) is 3.13. The molecule has 2 saturated heterocycles. The molecule has 2 rings (SSSR count). The van der Waals surface area contributed by atoms with Crippen molar-refractivity contribution >= 4 is 29.9 Å². The fourth-order valence-corrected chi connectivity index (χ4v) is 4.03. The van der Waals surface area contributed by atoms with Crippen molar-refractivity contribution in [3.63, 3.8) is 0 Å². The molecule has 0 aliphatic carbocycles. The first kappa shape index (κ1) is 23.0. The number of rotatable bonds is 9. The second kappa shape index (κ2) is 14.0. The zero-order valence-corrected chi connectivity index (χ0v) is 18.8. The number of aliphatic imine (C=N–C) groups is 1. The first-order valence-electron chi connectivity index (χ1n) is 10.2. The van der Waals surface area contributed by atoms with E-state index in [1.54, 1.807) is 0 Å². The molecule has 0 saturated carbocycles. The quantitative estimate of drug-likeness (QED) is 0.238. The van der Waals surface area contributed by atoms with Crippen LogP contribution in [0.5, 0.6) is 0 Å². The predicted molar refractivity (Wildman–Crippen MR) is 119 cm³/mol. The van der Waals surface area contributed by atoms with Gasteiger partial charge in [0, 0.05) is 32.7 Å². The Morgan fingerprint density at radius 2 is 1.68 bits per heavy atom. The van der Waals surface area contributed by atoms with E-state index < -0.39 is 0 Å². The van der Waals surface area contributed by atoms with E-state index in [9.17, 15) is 0 Å². The van der Waals surface area contributed by atoms with Crippen LogP contribution in [0.4, 0.5) is 0 Å². The average molecular weight is 465 g/mol. The summed E-state index contributed by atoms with van der Waals surface area (Å²) < 4.78 is 0. The van der Waals surface area contributed by atoms with Crippen molar-refractivity contribution in [2.75, 3.05) is 52.9 Å². The summed E-state index contributed by atoms with van der Waals surface area (Å²) >= 11 is 0. The molecule has 2 aliphatic rings. The monoisotopic (exact) mass is 465 g/mol. The molecule has 2 N–H and O–H groups in total. The van der Waals surface area contributed by atoms with Crippen molar-refractivity contribution in [1.82, 2.24) is 20.4 Å². The first-order chi connectivity index (χ1) is 11.8. The van der Waals surface area contributed by atoms with E-state index in [1.165, 1.54) is 77.5 Å². The van der Waals surface area contributed by atoms with Gasteiger partial charge in [0.1, 0.15) is 0 Å². The summed E-state index contributed by atoms with van der Waals surface area (Å²) in [5.41, 5.74) is 0. The van der Waals surface area contributed by atoms with Gasteiger partial charge in [-0.05, 0) is 71.1 Å². The molecule has 2 heterocycles. The highest BCUT2D eigenvalue weighted by Gasteiger charge is 2.19. The Kier molecular flexibility index (Phi) is 12.9. The Hall–Kier alpha value is -0.0800. The molecule has 2 aliphatic heterocycles. The lowest BCUT2D eigenvalue weighted by molar-refractivity contribution is 0.147. The fraction of sp³-hybridized carbons (Fsp3) is 0.947. The van der Waals surface area contributed by atoms with Gasteiger partial charge in [0.05, 0.1) is 0 Å². The van der Waals surface area contributed by atoms with Crippen molar-refractivity contribution in [1.29, 1.82) is 0 Å². The summed E-state index contributed by atoms with van der Waals surface area (Å²) in [5, 5.41) is 6.94. The van der Waals surface area contributed by atoms with Crippen LogP contribution in [0.2, 0.25) is 0 Å². The minimum absolute atomic E-state index is 0. The normalized spacial score (nSPS) is 22.6. The van der Waals surface area contributed by atoms with Gasteiger partial charge in [-0.15, -0.1) is 24.0 Å². The van der Waals surface area contributed by atoms with E-state index in [0.29, 0.717) is 0 Å². The van der Waals surface area contributed by atoms with Crippen molar-refractivity contribution in [2.45, 2.75) is 64.3 Å². The minimum Gasteiger partial charge on any atom is -0.356 e. The molecule has 0 aromatic rings. The number of nitrogens with one attached hydrogen (secondary N) is 2. The second-order valence-corrected chi connectivity index (χ2v) is 7.28. The smallest absolute Gasteiger partial charge is 0.191 e. The number of hydrogen-bond donors (Lipinski definition) is 2. The van der Waals surface area contributed by atoms with E-state index in [2.05, 4.69) is 32.3 Å². The van der Waals surface area contributed by atoms with Crippen LogP contribution in [0.15, 0.2) is 4.99 Å². The van der Waals surface area contributed by atoms with Crippen LogP contribution in [0, 0.1) is 0 Å². The van der Waals surface area contributed by atoms with Crippen LogP contribution < -0.4 is 10.6 Å². The zero-order valence-electron chi connectivity index (χ0n) is 16.4. The van der Waals surface area contributed by atoms with Crippen LogP contribution in [0.1, 0.15) is 58.3 Å². The summed E-state index contributed by atoms with van der Waals surface area (Å²) in [5.74, 6) is 0.959. The number of halogens is 1. The summed E-state index contributed by atoms with van der Waals surface area (Å²) in [6.45, 7) is 10.6. The van der Waals surface area contributed by atoms with Crippen molar-refractivity contribution in [3.05, 3.63) is 0 Å². The summed E-state index contributed by atoms with van der Waals surface area (Å²) in [7, 11) is 1.87. The molecule has 1 atom stereocenters. The van der Waals surface area contributed by atoms with Crippen LogP contribution >= 0.6 is 24.0 Å². The van der Waals surface area contributed by atoms with Crippen LogP contribution in [-0.4, -0.2) is 74.7 Å². The summed E-state index contributed by atoms with van der Waals surface area (Å²) in [6, 6.07) is 0.793. The molecule has 0 radical (unpaired) electrons. The van der Waals surface area contributed by atoms with Gasteiger partial charge in [-0.1, -0.05) is 13.3 Å². The standard InChI is InChI=1S/C19H39N5.HI/c1-3-18-10-4-6-16-24(18)17-12-22-19(20-2)21-11-5-7-13-23-14-8-9-15-23;/h18H,3-17H2,1-2H3,(H2,20,21,22);1H. The first-order valence-corrected chi connectivity index (χ1v) is 10.2. The fourth-order valence-electron chi connectivity index (χ4n) is 4.03. The molecule has 25 heavy (non-hydrogen) atoms. The highest BCUT2D eigenvalue weighted by atomic mass is 127. The maximum Gasteiger partial charge on any atom is 0.191 e. The van der Waals surface area contributed by atoms with E-state index in [-0.39, 0.29) is 24.0 Å². The molecule has 0 aromatic carbocycles. The lowest BCUT2D eigenvalue weighted by atomic mass is 10.0. The topological polar surface area (TPSA) is 42.9 Å². The molecular formula is C19H40IN5. The largest absolute Gasteiger partial charge is 0.356 e. The second-order valence-electron chi connectivity index (χ2n) is 7.28. The minimum atomic E-state index is 0. The maximum atomic E-state index is 4.35. The van der Waals surface area contributed by atoms with Crippen molar-refractivity contribution < 1.29 is 0 Å². The molecule has 0 bridgehead atoms. The number of nitrogens with zero attached hydrogens (tertiary/aromatic N) is 3. The zero-order chi connectivity index (χ0) is 17.0. The number of guanidine groups is 1. The molecule has 0 spiro atoms. The van der Waals surface area contributed by atoms with Gasteiger partial charge in [-0.25, -0.2) is 0 Å². The highest BCUT2D eigenvalue weighted by molar-refractivity contribution is 14.0. The van der Waals surface area contributed by atoms with E-state index >= 15 is 0 Å². The van der Waals surface area contributed by atoms with E-state index in [1.807, 2.05) is 7.05 Å². The summed E-state index contributed by atoms with van der Waals surface area (Å²) in [4.78, 5) is 9.60. The number of likely N-dealkylation sites (tertiary alicyclic amines) is 2. The third kappa shape index (κ3) is 8.91. The lowest BCUT2D eigenvalue weighted by Crippen LogP contribution is -2.46. The molecule has 1 unspecified atom stereocenters. The predicted octanol–water partition coefficient (Wildman–Crippen LogP) is 2.91. The maximum absolute atomic E-state index is 4.35. The van der Waals surface area contributed by atoms with E-state index in [4.69, 9.17) is 0 Å². The van der Waals surface area contributed by atoms with Crippen molar-refractivity contribution in [3.8, 4) is 0 Å². The Morgan fingerprint density at radius 1 is 0.960 bits per heavy atom. The summed E-state index contributed by atoms with van der Waals surface area (Å²) in [6.07, 6.45) is 10.7. The van der Waals surface area contributed by atoms with Crippen LogP contribution in [-0.2, 0) is 0 Å². The molecule has 6 heteroatoms. The molecule has 0 aromatic heterocycles. The molecule has 2 fully saturated rings. The Balaban J connectivity index is 0.00000312. The SMILES string of the molecule is CCC1CCCCN1CCNC(=NC)NCCCCN1CCCC1.I. The van der Waals surface area contributed by atoms with Crippen LogP contribution in [0.3, 0.4) is 0 Å². The molecular weight excluding hydrogens is 425 g/mol. The Bertz CT molecular complexity index is 358. The van der Waals surface area contributed by atoms with Crippen molar-refractivity contribution in [2.24, 2.45) is 4.99 Å². The third-order valence-corrected chi connectivity index (χ3v) is 5.53. The van der Waals surface area contributed by atoms with Crippen LogP contribution in [0.25, 0.3) is 0 Å². The molecule has 148 valence electrons. The lowest BCUT2D eigenvalue weighted by Gasteiger charge is -2.35. The van der Waals surface area contributed by atoms with Gasteiger partial charge in [0.2, 0.25) is 0 Å². The Labute approximate surface area is 172 Å². The number of hydrogen-bond acceptors (Lipinski definition) is 3. The van der Waals surface area contributed by atoms with Gasteiger partial charge in [0.25, 0.3) is 0 Å². The van der Waals surface area contributed by atoms with Gasteiger partial charge in [0.15, 0.2) is 5.96 Å². The number of unbranched alkanes of at least 4 members (excludes halogenated alkanes) is 1. The van der Waals surface area contributed by atoms with Gasteiger partial charge >= 0.3 is 0 Å². The highest BCUT2D eigenvalue weighted by Crippen LogP contribution is 2.18.